The molecule has 0 saturated carbocycles. The van der Waals surface area contributed by atoms with E-state index in [2.05, 4.69) is 28.2 Å². The van der Waals surface area contributed by atoms with Crippen molar-refractivity contribution in [2.45, 2.75) is 13.3 Å². The molecule has 0 bridgehead atoms. The number of hydrogen-bond acceptors (Lipinski definition) is 5. The van der Waals surface area contributed by atoms with Crippen LogP contribution in [0, 0.1) is 0 Å². The van der Waals surface area contributed by atoms with Crippen LogP contribution in [0.25, 0.3) is 5.57 Å². The van der Waals surface area contributed by atoms with E-state index in [-0.39, 0.29) is 0 Å². The molecule has 182 valence electrons. The molecule has 0 aliphatic carbocycles. The molecule has 3 aromatic rings. The second-order valence-corrected chi connectivity index (χ2v) is 8.08. The van der Waals surface area contributed by atoms with E-state index in [9.17, 15) is 4.79 Å². The van der Waals surface area contributed by atoms with E-state index in [4.69, 9.17) is 33.0 Å². The Labute approximate surface area is 216 Å². The summed E-state index contributed by atoms with van der Waals surface area (Å²) in [7, 11) is 2.59. The van der Waals surface area contributed by atoms with Gasteiger partial charge in [-0.05, 0) is 73.0 Å². The number of nitrogens with zero attached hydrogens (tertiary/aromatic N) is 2. The van der Waals surface area contributed by atoms with E-state index < -0.39 is 0 Å². The van der Waals surface area contributed by atoms with Crippen LogP contribution in [0.2, 0.25) is 10.0 Å². The smallest absolute Gasteiger partial charge is 0.163 e. The van der Waals surface area contributed by atoms with Crippen molar-refractivity contribution in [2.75, 3.05) is 20.7 Å². The third-order valence-electron chi connectivity index (χ3n) is 4.91. The van der Waals surface area contributed by atoms with Gasteiger partial charge in [-0.15, -0.1) is 0 Å². The number of halogens is 2. The zero-order valence-electron chi connectivity index (χ0n) is 19.9. The number of hydrogen-bond donors (Lipinski definition) is 1. The van der Waals surface area contributed by atoms with Gasteiger partial charge >= 0.3 is 0 Å². The number of rotatable bonds is 5. The Bertz CT molecular complexity index is 1190. The van der Waals surface area contributed by atoms with E-state index >= 15 is 0 Å². The van der Waals surface area contributed by atoms with Gasteiger partial charge in [0.25, 0.3) is 0 Å². The maximum atomic E-state index is 9.61. The van der Waals surface area contributed by atoms with Crippen LogP contribution < -0.4 is 4.74 Å². The summed E-state index contributed by atoms with van der Waals surface area (Å²) >= 11 is 12.3. The van der Waals surface area contributed by atoms with Crippen LogP contribution in [-0.4, -0.2) is 43.5 Å². The maximum absolute atomic E-state index is 9.61. The minimum absolute atomic E-state index is 0.537. The van der Waals surface area contributed by atoms with Gasteiger partial charge in [0, 0.05) is 31.3 Å². The van der Waals surface area contributed by atoms with Crippen molar-refractivity contribution in [3.8, 4) is 11.5 Å². The molecule has 4 rings (SSSR count). The normalized spacial score (nSPS) is 12.7. The summed E-state index contributed by atoms with van der Waals surface area (Å²) in [4.78, 5) is 17.8. The molecule has 0 spiro atoms. The van der Waals surface area contributed by atoms with Gasteiger partial charge in [0.1, 0.15) is 11.5 Å². The molecular formula is C28H28Cl2N2O3. The molecule has 0 radical (unpaired) electrons. The molecule has 0 fully saturated rings. The first kappa shape index (κ1) is 28.0. The molecule has 35 heavy (non-hydrogen) atoms. The third kappa shape index (κ3) is 8.80. The van der Waals surface area contributed by atoms with Gasteiger partial charge in [-0.25, -0.2) is 0 Å². The summed E-state index contributed by atoms with van der Waals surface area (Å²) in [5.41, 5.74) is 4.73. The van der Waals surface area contributed by atoms with E-state index in [0.717, 1.165) is 54.7 Å². The zero-order valence-corrected chi connectivity index (χ0v) is 21.4. The molecule has 0 aromatic heterocycles. The van der Waals surface area contributed by atoms with Crippen molar-refractivity contribution in [2.24, 2.45) is 9.98 Å². The average molecular weight is 511 g/mol. The zero-order chi connectivity index (χ0) is 25.6. The summed E-state index contributed by atoms with van der Waals surface area (Å²) in [6, 6.07) is 23.4. The van der Waals surface area contributed by atoms with Gasteiger partial charge in [0.05, 0.1) is 16.4 Å². The molecule has 1 N–H and O–H groups in total. The Morgan fingerprint density at radius 3 is 2.23 bits per heavy atom. The highest BCUT2D eigenvalue weighted by Gasteiger charge is 2.13. The van der Waals surface area contributed by atoms with Gasteiger partial charge in [0.2, 0.25) is 0 Å². The van der Waals surface area contributed by atoms with Gasteiger partial charge in [-0.1, -0.05) is 53.5 Å². The predicted octanol–water partition coefficient (Wildman–Crippen LogP) is 6.95. The SMILES string of the molecule is CN=C(C)C=O.CO.Clc1ccc(C2=NCCC(c3ccc(Oc4ccccc4)cc3)=C2)c(Cl)c1. The summed E-state index contributed by atoms with van der Waals surface area (Å²) in [6.07, 6.45) is 3.72. The first-order valence-electron chi connectivity index (χ1n) is 10.9. The van der Waals surface area contributed by atoms with Crippen LogP contribution in [0.3, 0.4) is 0 Å². The molecular weight excluding hydrogens is 483 g/mol. The van der Waals surface area contributed by atoms with Crippen molar-refractivity contribution >= 4 is 46.5 Å². The number of benzene rings is 3. The third-order valence-corrected chi connectivity index (χ3v) is 5.46. The Morgan fingerprint density at radius 1 is 1.00 bits per heavy atom. The Morgan fingerprint density at radius 2 is 1.66 bits per heavy atom. The van der Waals surface area contributed by atoms with Crippen LogP contribution >= 0.6 is 23.2 Å². The predicted molar refractivity (Wildman–Crippen MR) is 147 cm³/mol. The number of ether oxygens (including phenoxy) is 1. The number of allylic oxidation sites excluding steroid dienone is 1. The Balaban J connectivity index is 0.000000474. The van der Waals surface area contributed by atoms with E-state index in [1.54, 1.807) is 20.0 Å². The van der Waals surface area contributed by atoms with Gasteiger partial charge in [-0.2, -0.15) is 0 Å². The second kappa shape index (κ2) is 14.9. The lowest BCUT2D eigenvalue weighted by Crippen LogP contribution is -2.06. The largest absolute Gasteiger partial charge is 0.457 e. The first-order chi connectivity index (χ1) is 17.0. The number of aliphatic hydroxyl groups is 1. The van der Waals surface area contributed by atoms with Gasteiger partial charge in [0.15, 0.2) is 6.29 Å². The summed E-state index contributed by atoms with van der Waals surface area (Å²) in [6.45, 7) is 2.40. The fraction of sp³-hybridized carbons (Fsp3) is 0.179. The molecule has 0 saturated heterocycles. The highest BCUT2D eigenvalue weighted by Crippen LogP contribution is 2.29. The van der Waals surface area contributed by atoms with Crippen molar-refractivity contribution in [1.29, 1.82) is 0 Å². The first-order valence-corrected chi connectivity index (χ1v) is 11.6. The molecule has 1 heterocycles. The lowest BCUT2D eigenvalue weighted by molar-refractivity contribution is -0.102. The lowest BCUT2D eigenvalue weighted by atomic mass is 9.96. The molecule has 1 aliphatic rings. The minimum Gasteiger partial charge on any atom is -0.457 e. The number of para-hydroxylation sites is 1. The number of aliphatic hydroxyl groups excluding tert-OH is 1. The number of aldehydes is 1. The fourth-order valence-electron chi connectivity index (χ4n) is 3.08. The van der Waals surface area contributed by atoms with Crippen molar-refractivity contribution in [3.63, 3.8) is 0 Å². The fourth-order valence-corrected chi connectivity index (χ4v) is 3.59. The monoisotopic (exact) mass is 510 g/mol. The van der Waals surface area contributed by atoms with Crippen molar-refractivity contribution in [3.05, 3.63) is 100 Å². The Hall–Kier alpha value is -3.25. The van der Waals surface area contributed by atoms with Crippen LogP contribution in [0.1, 0.15) is 24.5 Å². The standard InChI is InChI=1S/C23H17Cl2NO.C4H7NO.CH4O/c24-18-8-11-21(22(25)15-18)23-14-17(12-13-26-23)16-6-9-20(10-7-16)27-19-4-2-1-3-5-19;1-4(3-6)5-2;1-2/h1-11,14-15H,12-13H2;3H,1-2H3;2H,1H3. The number of carbonyl (C=O) groups is 1. The van der Waals surface area contributed by atoms with E-state index in [0.29, 0.717) is 15.8 Å². The average Bonchev–Trinajstić information content (AvgIpc) is 2.91. The van der Waals surface area contributed by atoms with Crippen LogP contribution in [0.4, 0.5) is 0 Å². The highest BCUT2D eigenvalue weighted by atomic mass is 35.5. The quantitative estimate of drug-likeness (QED) is 0.298. The van der Waals surface area contributed by atoms with Crippen LogP contribution in [0.5, 0.6) is 11.5 Å². The topological polar surface area (TPSA) is 71.2 Å². The molecule has 3 aromatic carbocycles. The van der Waals surface area contributed by atoms with Crippen LogP contribution in [-0.2, 0) is 4.79 Å². The van der Waals surface area contributed by atoms with E-state index in [1.807, 2.05) is 54.6 Å². The van der Waals surface area contributed by atoms with E-state index in [1.165, 1.54) is 5.57 Å². The summed E-state index contributed by atoms with van der Waals surface area (Å²) in [5, 5.41) is 8.24. The summed E-state index contributed by atoms with van der Waals surface area (Å²) in [5.74, 6) is 1.64. The molecule has 5 nitrogen and oxygen atoms in total. The molecule has 7 heteroatoms. The molecule has 0 amide bonds. The molecule has 1 aliphatic heterocycles. The molecule has 0 atom stereocenters. The van der Waals surface area contributed by atoms with Crippen molar-refractivity contribution < 1.29 is 14.6 Å². The van der Waals surface area contributed by atoms with Gasteiger partial charge in [-0.3, -0.25) is 14.8 Å². The summed E-state index contributed by atoms with van der Waals surface area (Å²) < 4.78 is 5.86. The minimum atomic E-state index is 0.537. The second-order valence-electron chi connectivity index (χ2n) is 7.23. The number of carbonyl (C=O) groups excluding carboxylic acids is 1. The maximum Gasteiger partial charge on any atom is 0.163 e. The van der Waals surface area contributed by atoms with Gasteiger partial charge < -0.3 is 9.84 Å². The van der Waals surface area contributed by atoms with Crippen molar-refractivity contribution in [1.82, 2.24) is 0 Å². The lowest BCUT2D eigenvalue weighted by Gasteiger charge is -2.15. The van der Waals surface area contributed by atoms with Crippen LogP contribution in [0.15, 0.2) is 88.9 Å². The number of dihydropyridines is 1. The highest BCUT2D eigenvalue weighted by molar-refractivity contribution is 6.37. The molecule has 0 unspecified atom stereocenters. The number of aliphatic imine (C=N–C) groups is 2. The Kier molecular flexibility index (Phi) is 11.9.